The molecule has 7 nitrogen and oxygen atoms in total. The first-order valence-corrected chi connectivity index (χ1v) is 5.55. The standard InChI is InChI=1S/C11H21NO6/c1-11(2,3)18-10(15)12-8(9(13)14)7-17-6-5-16-4/h8H,5-7H2,1-4H3,(H,12,15)(H,13,14)/t8-/m1/s1. The second-order valence-electron chi connectivity index (χ2n) is 4.60. The van der Waals surface area contributed by atoms with Crippen LogP contribution in [0.15, 0.2) is 0 Å². The molecule has 0 spiro atoms. The van der Waals surface area contributed by atoms with Crippen LogP contribution >= 0.6 is 0 Å². The Morgan fingerprint density at radius 2 is 1.89 bits per heavy atom. The zero-order chi connectivity index (χ0) is 14.2. The number of hydrogen-bond acceptors (Lipinski definition) is 5. The molecule has 0 heterocycles. The van der Waals surface area contributed by atoms with Gasteiger partial charge in [-0.15, -0.1) is 0 Å². The number of hydrogen-bond donors (Lipinski definition) is 2. The highest BCUT2D eigenvalue weighted by molar-refractivity contribution is 5.80. The summed E-state index contributed by atoms with van der Waals surface area (Å²) in [6.07, 6.45) is -0.787. The molecule has 0 saturated heterocycles. The molecule has 0 aromatic rings. The Balaban J connectivity index is 4.11. The number of carbonyl (C=O) groups excluding carboxylic acids is 1. The summed E-state index contributed by atoms with van der Waals surface area (Å²) in [4.78, 5) is 22.3. The zero-order valence-electron chi connectivity index (χ0n) is 11.2. The molecule has 0 rings (SSSR count). The van der Waals surface area contributed by atoms with E-state index in [1.165, 1.54) is 7.11 Å². The van der Waals surface area contributed by atoms with Gasteiger partial charge in [-0.2, -0.15) is 0 Å². The van der Waals surface area contributed by atoms with Crippen molar-refractivity contribution in [1.29, 1.82) is 0 Å². The van der Waals surface area contributed by atoms with Crippen molar-refractivity contribution in [1.82, 2.24) is 5.32 Å². The first-order chi connectivity index (χ1) is 8.26. The van der Waals surface area contributed by atoms with Gasteiger partial charge in [-0.25, -0.2) is 9.59 Å². The van der Waals surface area contributed by atoms with Crippen molar-refractivity contribution in [3.8, 4) is 0 Å². The molecule has 0 radical (unpaired) electrons. The van der Waals surface area contributed by atoms with Crippen molar-refractivity contribution in [2.45, 2.75) is 32.4 Å². The number of nitrogens with one attached hydrogen (secondary N) is 1. The fraction of sp³-hybridized carbons (Fsp3) is 0.818. The zero-order valence-corrected chi connectivity index (χ0v) is 11.2. The smallest absolute Gasteiger partial charge is 0.408 e. The number of carboxylic acid groups (broad SMARTS) is 1. The summed E-state index contributed by atoms with van der Waals surface area (Å²) >= 11 is 0. The fourth-order valence-corrected chi connectivity index (χ4v) is 0.968. The van der Waals surface area contributed by atoms with Gasteiger partial charge in [-0.05, 0) is 20.8 Å². The Morgan fingerprint density at radius 3 is 2.33 bits per heavy atom. The molecule has 0 saturated carbocycles. The summed E-state index contributed by atoms with van der Waals surface area (Å²) in [5.41, 5.74) is -0.677. The van der Waals surface area contributed by atoms with Gasteiger partial charge in [0.2, 0.25) is 0 Å². The molecule has 0 bridgehead atoms. The average molecular weight is 263 g/mol. The minimum absolute atomic E-state index is 0.141. The number of methoxy groups -OCH3 is 1. The van der Waals surface area contributed by atoms with Crippen LogP contribution < -0.4 is 5.32 Å². The number of aliphatic carboxylic acids is 1. The highest BCUT2D eigenvalue weighted by Gasteiger charge is 2.23. The van der Waals surface area contributed by atoms with Gasteiger partial charge in [0.25, 0.3) is 0 Å². The Hall–Kier alpha value is -1.34. The summed E-state index contributed by atoms with van der Waals surface area (Å²) in [5.74, 6) is -1.18. The van der Waals surface area contributed by atoms with Crippen molar-refractivity contribution in [3.63, 3.8) is 0 Å². The molecule has 0 aromatic heterocycles. The van der Waals surface area contributed by atoms with Gasteiger partial charge in [0.15, 0.2) is 6.04 Å². The first kappa shape index (κ1) is 16.7. The second-order valence-corrected chi connectivity index (χ2v) is 4.60. The minimum atomic E-state index is -1.18. The van der Waals surface area contributed by atoms with Crippen molar-refractivity contribution in [3.05, 3.63) is 0 Å². The van der Waals surface area contributed by atoms with E-state index in [4.69, 9.17) is 19.3 Å². The molecule has 0 aromatic carbocycles. The summed E-state index contributed by atoms with van der Waals surface area (Å²) in [6.45, 7) is 5.55. The lowest BCUT2D eigenvalue weighted by molar-refractivity contribution is -0.141. The van der Waals surface area contributed by atoms with E-state index in [1.54, 1.807) is 20.8 Å². The SMILES string of the molecule is COCCOC[C@@H](NC(=O)OC(C)(C)C)C(=O)O. The Morgan fingerprint density at radius 1 is 1.28 bits per heavy atom. The van der Waals surface area contributed by atoms with Gasteiger partial charge >= 0.3 is 12.1 Å². The van der Waals surface area contributed by atoms with Crippen molar-refractivity contribution >= 4 is 12.1 Å². The highest BCUT2D eigenvalue weighted by Crippen LogP contribution is 2.06. The normalized spacial score (nSPS) is 12.9. The van der Waals surface area contributed by atoms with Crippen LogP contribution in [0.3, 0.4) is 0 Å². The largest absolute Gasteiger partial charge is 0.480 e. The van der Waals surface area contributed by atoms with Crippen molar-refractivity contribution < 1.29 is 28.9 Å². The Bertz CT molecular complexity index is 273. The first-order valence-electron chi connectivity index (χ1n) is 5.55. The third kappa shape index (κ3) is 8.77. The Labute approximate surface area is 106 Å². The van der Waals surface area contributed by atoms with E-state index in [-0.39, 0.29) is 13.2 Å². The second kappa shape index (κ2) is 7.88. The average Bonchev–Trinajstić information content (AvgIpc) is 2.19. The molecule has 0 aliphatic rings. The van der Waals surface area contributed by atoms with Crippen molar-refractivity contribution in [2.24, 2.45) is 0 Å². The quantitative estimate of drug-likeness (QED) is 0.654. The van der Waals surface area contributed by atoms with Gasteiger partial charge in [-0.3, -0.25) is 0 Å². The number of carbonyl (C=O) groups is 2. The van der Waals surface area contributed by atoms with Crippen LogP contribution in [0.1, 0.15) is 20.8 Å². The van der Waals surface area contributed by atoms with Crippen molar-refractivity contribution in [2.75, 3.05) is 26.9 Å². The lowest BCUT2D eigenvalue weighted by atomic mass is 10.2. The molecule has 18 heavy (non-hydrogen) atoms. The molecule has 106 valence electrons. The molecule has 7 heteroatoms. The lowest BCUT2D eigenvalue weighted by Gasteiger charge is -2.21. The fourth-order valence-electron chi connectivity index (χ4n) is 0.968. The lowest BCUT2D eigenvalue weighted by Crippen LogP contribution is -2.46. The maximum absolute atomic E-state index is 11.4. The molecular formula is C11H21NO6. The maximum Gasteiger partial charge on any atom is 0.408 e. The number of carboxylic acids is 1. The summed E-state index contributed by atoms with van der Waals surface area (Å²) in [7, 11) is 1.51. The predicted molar refractivity (Wildman–Crippen MR) is 63.5 cm³/mol. The number of alkyl carbamates (subject to hydrolysis) is 1. The summed E-state index contributed by atoms with van der Waals surface area (Å²) in [6, 6.07) is -1.14. The van der Waals surface area contributed by atoms with E-state index in [2.05, 4.69) is 5.32 Å². The van der Waals surface area contributed by atoms with E-state index in [0.29, 0.717) is 6.61 Å². The molecule has 1 amide bonds. The molecule has 0 unspecified atom stereocenters. The maximum atomic E-state index is 11.4. The summed E-state index contributed by atoms with van der Waals surface area (Å²) in [5, 5.41) is 11.1. The van der Waals surface area contributed by atoms with E-state index in [9.17, 15) is 9.59 Å². The number of amides is 1. The van der Waals surface area contributed by atoms with Crippen LogP contribution in [0.2, 0.25) is 0 Å². The number of rotatable bonds is 7. The van der Waals surface area contributed by atoms with Gasteiger partial charge in [0, 0.05) is 7.11 Å². The molecule has 2 N–H and O–H groups in total. The molecular weight excluding hydrogens is 242 g/mol. The molecule has 0 fully saturated rings. The molecule has 1 atom stereocenters. The van der Waals surface area contributed by atoms with Gasteiger partial charge in [0.05, 0.1) is 19.8 Å². The predicted octanol–water partition coefficient (Wildman–Crippen LogP) is 0.627. The van der Waals surface area contributed by atoms with Gasteiger partial charge in [-0.1, -0.05) is 0 Å². The van der Waals surface area contributed by atoms with Crippen LogP contribution in [-0.2, 0) is 19.0 Å². The topological polar surface area (TPSA) is 94.1 Å². The third-order valence-electron chi connectivity index (χ3n) is 1.71. The van der Waals surface area contributed by atoms with Crippen LogP contribution in [0, 0.1) is 0 Å². The molecule has 0 aliphatic heterocycles. The van der Waals surface area contributed by atoms with E-state index in [0.717, 1.165) is 0 Å². The van der Waals surface area contributed by atoms with Crippen LogP contribution in [0.25, 0.3) is 0 Å². The highest BCUT2D eigenvalue weighted by atomic mass is 16.6. The minimum Gasteiger partial charge on any atom is -0.480 e. The van der Waals surface area contributed by atoms with Crippen LogP contribution in [0.4, 0.5) is 4.79 Å². The van der Waals surface area contributed by atoms with Crippen LogP contribution in [-0.4, -0.2) is 55.7 Å². The van der Waals surface area contributed by atoms with E-state index < -0.39 is 23.7 Å². The monoisotopic (exact) mass is 263 g/mol. The Kier molecular flexibility index (Phi) is 7.30. The van der Waals surface area contributed by atoms with E-state index >= 15 is 0 Å². The number of ether oxygens (including phenoxy) is 3. The van der Waals surface area contributed by atoms with Crippen LogP contribution in [0.5, 0.6) is 0 Å². The van der Waals surface area contributed by atoms with Gasteiger partial charge in [0.1, 0.15) is 5.60 Å². The third-order valence-corrected chi connectivity index (χ3v) is 1.71. The van der Waals surface area contributed by atoms with Gasteiger partial charge < -0.3 is 24.6 Å². The summed E-state index contributed by atoms with van der Waals surface area (Å²) < 4.78 is 14.8. The van der Waals surface area contributed by atoms with E-state index in [1.807, 2.05) is 0 Å². The molecule has 0 aliphatic carbocycles.